The second kappa shape index (κ2) is 9.26. The molecule has 1 aromatic heterocycles. The molecule has 4 rings (SSSR count). The minimum atomic E-state index is -3.65. The Morgan fingerprint density at radius 3 is 2.58 bits per heavy atom. The fraction of sp³-hybridized carbons (Fsp3) is 0.238. The summed E-state index contributed by atoms with van der Waals surface area (Å²) in [6.07, 6.45) is 3.94. The molecule has 0 unspecified atom stereocenters. The van der Waals surface area contributed by atoms with Crippen molar-refractivity contribution in [1.29, 1.82) is 0 Å². The number of rotatable bonds is 6. The average Bonchev–Trinajstić information content (AvgIpc) is 3.43. The number of amides is 1. The summed E-state index contributed by atoms with van der Waals surface area (Å²) in [5.74, 6) is -0.512. The first-order valence-corrected chi connectivity index (χ1v) is 12.6. The molecule has 1 amide bonds. The molecular weight excluding hydrogens is 477 g/mol. The number of carbonyl (C=O) groups is 1. The van der Waals surface area contributed by atoms with Gasteiger partial charge in [-0.05, 0) is 42.7 Å². The van der Waals surface area contributed by atoms with Crippen LogP contribution in [0.5, 0.6) is 0 Å². The number of carbonyl (C=O) groups excluding carboxylic acids is 1. The molecule has 1 N–H and O–H groups in total. The van der Waals surface area contributed by atoms with Gasteiger partial charge in [0.1, 0.15) is 0 Å². The van der Waals surface area contributed by atoms with Gasteiger partial charge in [0.15, 0.2) is 5.13 Å². The molecule has 0 spiro atoms. The summed E-state index contributed by atoms with van der Waals surface area (Å²) in [4.78, 5) is 18.0. The highest BCUT2D eigenvalue weighted by molar-refractivity contribution is 7.89. The number of aromatic nitrogens is 1. The summed E-state index contributed by atoms with van der Waals surface area (Å²) in [5.41, 5.74) is 1.05. The molecule has 2 aromatic carbocycles. The van der Waals surface area contributed by atoms with E-state index in [0.717, 1.165) is 23.3 Å². The number of thiazole rings is 1. The van der Waals surface area contributed by atoms with E-state index in [1.165, 1.54) is 33.8 Å². The van der Waals surface area contributed by atoms with Crippen molar-refractivity contribution < 1.29 is 13.2 Å². The van der Waals surface area contributed by atoms with E-state index in [2.05, 4.69) is 10.3 Å². The molecule has 0 atom stereocenters. The molecule has 0 aliphatic carbocycles. The molecule has 0 saturated carbocycles. The Labute approximate surface area is 194 Å². The van der Waals surface area contributed by atoms with Gasteiger partial charge in [-0.15, -0.1) is 11.3 Å². The van der Waals surface area contributed by atoms with Crippen LogP contribution in [0.4, 0.5) is 5.13 Å². The molecule has 6 nitrogen and oxygen atoms in total. The second-order valence-corrected chi connectivity index (χ2v) is 11.0. The van der Waals surface area contributed by atoms with E-state index in [-0.39, 0.29) is 15.5 Å². The number of sulfonamides is 1. The normalized spacial score (nSPS) is 14.6. The maximum absolute atomic E-state index is 12.8. The van der Waals surface area contributed by atoms with Crippen LogP contribution in [0.2, 0.25) is 10.0 Å². The molecule has 0 radical (unpaired) electrons. The first-order chi connectivity index (χ1) is 14.8. The zero-order valence-electron chi connectivity index (χ0n) is 16.3. The second-order valence-electron chi connectivity index (χ2n) is 7.11. The number of nitrogens with zero attached hydrogens (tertiary/aromatic N) is 2. The number of halogens is 2. The van der Waals surface area contributed by atoms with Gasteiger partial charge in [0.2, 0.25) is 10.0 Å². The fourth-order valence-electron chi connectivity index (χ4n) is 3.36. The summed E-state index contributed by atoms with van der Waals surface area (Å²) >= 11 is 13.7. The first-order valence-electron chi connectivity index (χ1n) is 9.64. The Hall–Kier alpha value is -1.97. The van der Waals surface area contributed by atoms with Crippen LogP contribution in [-0.4, -0.2) is 36.7 Å². The molecule has 0 bridgehead atoms. The zero-order chi connectivity index (χ0) is 22.0. The zero-order valence-corrected chi connectivity index (χ0v) is 19.5. The van der Waals surface area contributed by atoms with Gasteiger partial charge in [0.05, 0.1) is 15.5 Å². The molecule has 2 heterocycles. The number of benzene rings is 2. The van der Waals surface area contributed by atoms with Crippen molar-refractivity contribution in [2.45, 2.75) is 24.2 Å². The predicted molar refractivity (Wildman–Crippen MR) is 124 cm³/mol. The minimum Gasteiger partial charge on any atom is -0.298 e. The van der Waals surface area contributed by atoms with Crippen LogP contribution in [0.1, 0.15) is 33.6 Å². The van der Waals surface area contributed by atoms with Gasteiger partial charge in [-0.1, -0.05) is 41.4 Å². The molecule has 3 aromatic rings. The Balaban J connectivity index is 1.51. The summed E-state index contributed by atoms with van der Waals surface area (Å²) in [7, 11) is -3.65. The van der Waals surface area contributed by atoms with Crippen molar-refractivity contribution in [2.75, 3.05) is 18.4 Å². The summed E-state index contributed by atoms with van der Waals surface area (Å²) in [6.45, 7) is 0.972. The van der Waals surface area contributed by atoms with E-state index in [4.69, 9.17) is 23.2 Å². The maximum atomic E-state index is 12.8. The third-order valence-electron chi connectivity index (χ3n) is 4.98. The summed E-state index contributed by atoms with van der Waals surface area (Å²) in [5, 5.41) is 3.95. The lowest BCUT2D eigenvalue weighted by atomic mass is 10.1. The minimum absolute atomic E-state index is 0.0579. The van der Waals surface area contributed by atoms with Crippen LogP contribution in [-0.2, 0) is 16.4 Å². The Morgan fingerprint density at radius 2 is 1.84 bits per heavy atom. The lowest BCUT2D eigenvalue weighted by Gasteiger charge is -2.16. The van der Waals surface area contributed by atoms with Crippen molar-refractivity contribution in [3.05, 3.63) is 74.7 Å². The van der Waals surface area contributed by atoms with Gasteiger partial charge in [-0.2, -0.15) is 4.31 Å². The van der Waals surface area contributed by atoms with Gasteiger partial charge >= 0.3 is 0 Å². The van der Waals surface area contributed by atoms with Gasteiger partial charge in [0.25, 0.3) is 5.91 Å². The third-order valence-corrected chi connectivity index (χ3v) is 8.49. The van der Waals surface area contributed by atoms with Crippen molar-refractivity contribution in [3.63, 3.8) is 0 Å². The standard InChI is InChI=1S/C21H19Cl2N3O3S2/c22-18-6-2-1-5-14(18)11-15-13-24-21(30-15)25-20(27)17-12-16(7-8-19(17)23)31(28,29)26-9-3-4-10-26/h1-2,5-8,12-13H,3-4,9-11H2,(H,24,25,27). The van der Waals surface area contributed by atoms with E-state index in [0.29, 0.717) is 29.7 Å². The molecular formula is C21H19Cl2N3O3S2. The van der Waals surface area contributed by atoms with E-state index in [1.807, 2.05) is 24.3 Å². The number of nitrogens with one attached hydrogen (secondary N) is 1. The van der Waals surface area contributed by atoms with Crippen LogP contribution in [0, 0.1) is 0 Å². The van der Waals surface area contributed by atoms with Crippen LogP contribution in [0.3, 0.4) is 0 Å². The van der Waals surface area contributed by atoms with Crippen LogP contribution >= 0.6 is 34.5 Å². The fourth-order valence-corrected chi connectivity index (χ4v) is 6.14. The third kappa shape index (κ3) is 4.94. The molecule has 1 aliphatic rings. The molecule has 1 saturated heterocycles. The van der Waals surface area contributed by atoms with E-state index < -0.39 is 15.9 Å². The predicted octanol–water partition coefficient (Wildman–Crippen LogP) is 5.08. The number of anilines is 1. The van der Waals surface area contributed by atoms with Crippen molar-refractivity contribution in [1.82, 2.24) is 9.29 Å². The van der Waals surface area contributed by atoms with Gasteiger partial charge in [-0.25, -0.2) is 13.4 Å². The highest BCUT2D eigenvalue weighted by Gasteiger charge is 2.28. The molecule has 31 heavy (non-hydrogen) atoms. The van der Waals surface area contributed by atoms with Crippen molar-refractivity contribution in [3.8, 4) is 0 Å². The summed E-state index contributed by atoms with van der Waals surface area (Å²) in [6, 6.07) is 11.7. The van der Waals surface area contributed by atoms with Gasteiger partial charge in [-0.3, -0.25) is 10.1 Å². The maximum Gasteiger partial charge on any atom is 0.259 e. The topological polar surface area (TPSA) is 79.4 Å². The van der Waals surface area contributed by atoms with Crippen LogP contribution in [0.25, 0.3) is 0 Å². The van der Waals surface area contributed by atoms with Crippen molar-refractivity contribution >= 4 is 55.6 Å². The Morgan fingerprint density at radius 1 is 1.10 bits per heavy atom. The Kier molecular flexibility index (Phi) is 6.64. The van der Waals surface area contributed by atoms with Gasteiger partial charge in [0, 0.05) is 35.6 Å². The van der Waals surface area contributed by atoms with E-state index >= 15 is 0 Å². The summed E-state index contributed by atoms with van der Waals surface area (Å²) < 4.78 is 27.1. The molecule has 1 aliphatic heterocycles. The quantitative estimate of drug-likeness (QED) is 0.517. The lowest BCUT2D eigenvalue weighted by Crippen LogP contribution is -2.28. The highest BCUT2D eigenvalue weighted by atomic mass is 35.5. The smallest absolute Gasteiger partial charge is 0.259 e. The lowest BCUT2D eigenvalue weighted by molar-refractivity contribution is 0.102. The van der Waals surface area contributed by atoms with E-state index in [1.54, 1.807) is 6.20 Å². The average molecular weight is 496 g/mol. The van der Waals surface area contributed by atoms with Crippen molar-refractivity contribution in [2.24, 2.45) is 0 Å². The number of hydrogen-bond donors (Lipinski definition) is 1. The molecule has 10 heteroatoms. The van der Waals surface area contributed by atoms with E-state index in [9.17, 15) is 13.2 Å². The Bertz CT molecular complexity index is 1220. The highest BCUT2D eigenvalue weighted by Crippen LogP contribution is 2.28. The monoisotopic (exact) mass is 495 g/mol. The number of hydrogen-bond acceptors (Lipinski definition) is 5. The SMILES string of the molecule is O=C(Nc1ncc(Cc2ccccc2Cl)s1)c1cc(S(=O)(=O)N2CCCC2)ccc1Cl. The largest absolute Gasteiger partial charge is 0.298 e. The van der Waals surface area contributed by atoms with Crippen LogP contribution < -0.4 is 5.32 Å². The van der Waals surface area contributed by atoms with Gasteiger partial charge < -0.3 is 0 Å². The molecule has 1 fully saturated rings. The van der Waals surface area contributed by atoms with Crippen LogP contribution in [0.15, 0.2) is 53.6 Å². The molecule has 162 valence electrons. The first kappa shape index (κ1) is 22.2.